The summed E-state index contributed by atoms with van der Waals surface area (Å²) in [6.45, 7) is 2.30. The molecule has 0 aromatic heterocycles. The Morgan fingerprint density at radius 2 is 0.947 bits per heavy atom. The van der Waals surface area contributed by atoms with Crippen LogP contribution in [0.15, 0.2) is 48.5 Å². The molecule has 0 unspecified atom stereocenters. The van der Waals surface area contributed by atoms with Gasteiger partial charge in [-0.05, 0) is 42.7 Å². The number of unbranched alkanes of at least 4 members (excludes halogenated alkanes) is 19. The molecule has 0 aliphatic heterocycles. The third-order valence-electron chi connectivity index (χ3n) is 7.81. The van der Waals surface area contributed by atoms with E-state index >= 15 is 0 Å². The Morgan fingerprint density at radius 3 is 1.39 bits per heavy atom. The molecule has 2 nitrogen and oxygen atoms in total. The van der Waals surface area contributed by atoms with Crippen LogP contribution < -0.4 is 9.64 Å². The van der Waals surface area contributed by atoms with Crippen LogP contribution in [0.25, 0.3) is 0 Å². The first-order chi connectivity index (χ1) is 18.7. The number of anilines is 1. The van der Waals surface area contributed by atoms with E-state index < -0.39 is 0 Å². The van der Waals surface area contributed by atoms with Crippen molar-refractivity contribution in [2.24, 2.45) is 0 Å². The molecule has 0 bridgehead atoms. The molecule has 0 aliphatic rings. The molecule has 2 rings (SSSR count). The zero-order valence-electron chi connectivity index (χ0n) is 25.3. The highest BCUT2D eigenvalue weighted by atomic mass is 16.5. The monoisotopic (exact) mass is 521 g/mol. The van der Waals surface area contributed by atoms with E-state index in [0.29, 0.717) is 0 Å². The molecule has 0 N–H and O–H groups in total. The summed E-state index contributed by atoms with van der Waals surface area (Å²) in [5, 5.41) is 0. The molecular formula is C36H59NO. The van der Waals surface area contributed by atoms with E-state index in [2.05, 4.69) is 62.3 Å². The first-order valence-corrected chi connectivity index (χ1v) is 16.2. The highest BCUT2D eigenvalue weighted by molar-refractivity contribution is 5.50. The van der Waals surface area contributed by atoms with Gasteiger partial charge in [0, 0.05) is 25.8 Å². The van der Waals surface area contributed by atoms with Crippen molar-refractivity contribution in [2.75, 3.05) is 19.0 Å². The molecule has 2 aromatic rings. The van der Waals surface area contributed by atoms with Crippen LogP contribution in [0, 0.1) is 0 Å². The highest BCUT2D eigenvalue weighted by Gasteiger charge is 2.02. The topological polar surface area (TPSA) is 12.5 Å². The molecular weight excluding hydrogens is 462 g/mol. The maximum absolute atomic E-state index is 6.05. The summed E-state index contributed by atoms with van der Waals surface area (Å²) in [7, 11) is 4.10. The Balaban J connectivity index is 1.36. The van der Waals surface area contributed by atoms with Crippen molar-refractivity contribution < 1.29 is 4.74 Å². The molecule has 0 amide bonds. The molecule has 0 spiro atoms. The van der Waals surface area contributed by atoms with E-state index in [-0.39, 0.29) is 0 Å². The molecule has 214 valence electrons. The molecule has 0 heterocycles. The second kappa shape index (κ2) is 21.9. The molecule has 0 aliphatic carbocycles. The number of nitrogens with zero attached hydrogens (tertiary/aromatic N) is 1. The smallest absolute Gasteiger partial charge is 0.129 e. The lowest BCUT2D eigenvalue weighted by atomic mass is 10.0. The van der Waals surface area contributed by atoms with Crippen molar-refractivity contribution in [2.45, 2.75) is 142 Å². The normalized spacial score (nSPS) is 11.1. The summed E-state index contributed by atoms with van der Waals surface area (Å²) in [4.78, 5) is 2.09. The molecule has 0 saturated carbocycles. The summed E-state index contributed by atoms with van der Waals surface area (Å²) < 4.78 is 6.05. The predicted molar refractivity (Wildman–Crippen MR) is 169 cm³/mol. The van der Waals surface area contributed by atoms with Crippen LogP contribution in [0.2, 0.25) is 0 Å². The molecule has 38 heavy (non-hydrogen) atoms. The van der Waals surface area contributed by atoms with Gasteiger partial charge in [0.2, 0.25) is 0 Å². The fourth-order valence-electron chi connectivity index (χ4n) is 5.27. The zero-order chi connectivity index (χ0) is 27.1. The maximum Gasteiger partial charge on any atom is 0.129 e. The Morgan fingerprint density at radius 1 is 0.500 bits per heavy atom. The summed E-state index contributed by atoms with van der Waals surface area (Å²) in [5.41, 5.74) is 2.57. The Kier molecular flexibility index (Phi) is 18.6. The van der Waals surface area contributed by atoms with Crippen LogP contribution in [0.5, 0.6) is 11.5 Å². The molecule has 0 atom stereocenters. The third-order valence-corrected chi connectivity index (χ3v) is 7.81. The van der Waals surface area contributed by atoms with Gasteiger partial charge in [0.05, 0.1) is 0 Å². The molecule has 0 saturated heterocycles. The van der Waals surface area contributed by atoms with E-state index in [1.807, 2.05) is 12.1 Å². The minimum absolute atomic E-state index is 0.887. The standard InChI is InChI=1S/C36H59NO/c1-4-5-6-7-8-9-10-11-12-13-14-15-16-17-18-19-20-21-22-23-25-33-28-30-35(31-29-33)38-36-27-24-26-34(32-36)37(2)3/h24,26-32H,4-23,25H2,1-3H3. The van der Waals surface area contributed by atoms with E-state index in [9.17, 15) is 0 Å². The lowest BCUT2D eigenvalue weighted by Gasteiger charge is -2.14. The van der Waals surface area contributed by atoms with Gasteiger partial charge >= 0.3 is 0 Å². The van der Waals surface area contributed by atoms with Crippen LogP contribution in [-0.2, 0) is 6.42 Å². The van der Waals surface area contributed by atoms with Crippen LogP contribution >= 0.6 is 0 Å². The predicted octanol–water partition coefficient (Wildman–Crippen LogP) is 11.9. The highest BCUT2D eigenvalue weighted by Crippen LogP contribution is 2.26. The van der Waals surface area contributed by atoms with Gasteiger partial charge in [-0.25, -0.2) is 0 Å². The SMILES string of the molecule is CCCCCCCCCCCCCCCCCCCCCCc1ccc(Oc2cccc(N(C)C)c2)cc1. The lowest BCUT2D eigenvalue weighted by Crippen LogP contribution is -2.08. The van der Waals surface area contributed by atoms with E-state index in [4.69, 9.17) is 4.74 Å². The summed E-state index contributed by atoms with van der Waals surface area (Å²) in [6, 6.07) is 16.9. The Labute approximate surface area is 236 Å². The van der Waals surface area contributed by atoms with Gasteiger partial charge in [-0.3, -0.25) is 0 Å². The van der Waals surface area contributed by atoms with Crippen LogP contribution in [-0.4, -0.2) is 14.1 Å². The number of benzene rings is 2. The first kappa shape index (κ1) is 32.3. The minimum Gasteiger partial charge on any atom is -0.457 e. The Bertz CT molecular complexity index is 797. The van der Waals surface area contributed by atoms with Crippen molar-refractivity contribution in [1.82, 2.24) is 0 Å². The minimum atomic E-state index is 0.887. The van der Waals surface area contributed by atoms with Gasteiger partial charge in [0.25, 0.3) is 0 Å². The van der Waals surface area contributed by atoms with Crippen LogP contribution in [0.1, 0.15) is 141 Å². The number of hydrogen-bond donors (Lipinski definition) is 0. The molecule has 2 heteroatoms. The van der Waals surface area contributed by atoms with Crippen molar-refractivity contribution in [3.63, 3.8) is 0 Å². The lowest BCUT2D eigenvalue weighted by molar-refractivity contribution is 0.482. The third kappa shape index (κ3) is 16.1. The average molecular weight is 522 g/mol. The molecule has 0 radical (unpaired) electrons. The quantitative estimate of drug-likeness (QED) is 0.127. The van der Waals surface area contributed by atoms with Crippen LogP contribution in [0.3, 0.4) is 0 Å². The largest absolute Gasteiger partial charge is 0.457 e. The van der Waals surface area contributed by atoms with Gasteiger partial charge in [-0.1, -0.05) is 147 Å². The number of rotatable bonds is 24. The van der Waals surface area contributed by atoms with Gasteiger partial charge in [-0.2, -0.15) is 0 Å². The maximum atomic E-state index is 6.05. The average Bonchev–Trinajstić information content (AvgIpc) is 2.93. The van der Waals surface area contributed by atoms with Gasteiger partial charge in [0.1, 0.15) is 11.5 Å². The van der Waals surface area contributed by atoms with E-state index in [1.54, 1.807) is 0 Å². The van der Waals surface area contributed by atoms with Crippen LogP contribution in [0.4, 0.5) is 5.69 Å². The summed E-state index contributed by atoms with van der Waals surface area (Å²) in [5.74, 6) is 1.80. The fourth-order valence-corrected chi connectivity index (χ4v) is 5.27. The second-order valence-corrected chi connectivity index (χ2v) is 11.6. The van der Waals surface area contributed by atoms with Crippen molar-refractivity contribution in [3.8, 4) is 11.5 Å². The number of aryl methyl sites for hydroxylation is 1. The number of ether oxygens (including phenoxy) is 1. The molecule has 2 aromatic carbocycles. The zero-order valence-corrected chi connectivity index (χ0v) is 25.3. The van der Waals surface area contributed by atoms with Crippen molar-refractivity contribution in [3.05, 3.63) is 54.1 Å². The molecule has 0 fully saturated rings. The second-order valence-electron chi connectivity index (χ2n) is 11.6. The Hall–Kier alpha value is -1.96. The number of hydrogen-bond acceptors (Lipinski definition) is 2. The summed E-state index contributed by atoms with van der Waals surface area (Å²) >= 11 is 0. The van der Waals surface area contributed by atoms with Crippen molar-refractivity contribution >= 4 is 5.69 Å². The fraction of sp³-hybridized carbons (Fsp3) is 0.667. The van der Waals surface area contributed by atoms with E-state index in [0.717, 1.165) is 17.2 Å². The summed E-state index contributed by atoms with van der Waals surface area (Å²) in [6.07, 6.45) is 29.9. The van der Waals surface area contributed by atoms with Gasteiger partial charge in [0.15, 0.2) is 0 Å². The first-order valence-electron chi connectivity index (χ1n) is 16.2. The van der Waals surface area contributed by atoms with E-state index in [1.165, 1.54) is 140 Å². The van der Waals surface area contributed by atoms with Gasteiger partial charge < -0.3 is 9.64 Å². The van der Waals surface area contributed by atoms with Crippen molar-refractivity contribution in [1.29, 1.82) is 0 Å². The van der Waals surface area contributed by atoms with Gasteiger partial charge in [-0.15, -0.1) is 0 Å².